The number of methoxy groups -OCH3 is 1. The Labute approximate surface area is 442 Å². The molecular weight excluding hydrogens is 1060 g/mol. The van der Waals surface area contributed by atoms with Crippen molar-refractivity contribution in [2.75, 3.05) is 108 Å². The zero-order valence-electron chi connectivity index (χ0n) is 40.6. The molecule has 9 unspecified atom stereocenters. The Balaban J connectivity index is 1.37. The van der Waals surface area contributed by atoms with Crippen LogP contribution in [0.1, 0.15) is 26.2 Å². The van der Waals surface area contributed by atoms with E-state index in [2.05, 4.69) is 10.6 Å². The lowest BCUT2D eigenvalue weighted by Gasteiger charge is -2.40. The van der Waals surface area contributed by atoms with Gasteiger partial charge in [0.25, 0.3) is 0 Å². The summed E-state index contributed by atoms with van der Waals surface area (Å²) in [4.78, 5) is 0. The highest BCUT2D eigenvalue weighted by Gasteiger charge is 2.46. The van der Waals surface area contributed by atoms with E-state index in [1.807, 2.05) is 6.92 Å². The third-order valence-electron chi connectivity index (χ3n) is 12.6. The van der Waals surface area contributed by atoms with Gasteiger partial charge in [-0.25, -0.2) is 0 Å². The average Bonchev–Trinajstić information content (AvgIpc) is 3.38. The Morgan fingerprint density at radius 2 is 0.917 bits per heavy atom. The van der Waals surface area contributed by atoms with Crippen molar-refractivity contribution in [3.63, 3.8) is 0 Å². The molecule has 0 saturated carbocycles. The first-order valence-electron chi connectivity index (χ1n) is 24.1. The number of hydrogen-bond acceptors (Lipinski definition) is 27. The van der Waals surface area contributed by atoms with E-state index < -0.39 is 133 Å². The zero-order valence-corrected chi connectivity index (χ0v) is 44.6. The predicted molar refractivity (Wildman–Crippen MR) is 270 cm³/mol. The van der Waals surface area contributed by atoms with Crippen molar-refractivity contribution in [3.05, 3.63) is 0 Å². The van der Waals surface area contributed by atoms with E-state index in [4.69, 9.17) is 50.1 Å². The van der Waals surface area contributed by atoms with Crippen LogP contribution in [0.25, 0.3) is 0 Å². The van der Waals surface area contributed by atoms with E-state index in [9.17, 15) is 71.5 Å². The summed E-state index contributed by atoms with van der Waals surface area (Å²) in [5.41, 5.74) is -3.57. The van der Waals surface area contributed by atoms with Crippen LogP contribution in [0.2, 0.25) is 0 Å². The Morgan fingerprint density at radius 3 is 1.29 bits per heavy atom. The van der Waals surface area contributed by atoms with Crippen molar-refractivity contribution in [3.8, 4) is 0 Å². The van der Waals surface area contributed by atoms with Crippen LogP contribution >= 0.6 is 59.3 Å². The Morgan fingerprint density at radius 1 is 0.514 bits per heavy atom. The minimum Gasteiger partial charge on any atom is -0.394 e. The highest BCUT2D eigenvalue weighted by molar-refractivity contribution is 8.00. The molecule has 424 valence electrons. The van der Waals surface area contributed by atoms with Gasteiger partial charge in [0, 0.05) is 57.4 Å². The van der Waals surface area contributed by atoms with Gasteiger partial charge in [-0.2, -0.15) is 11.8 Å². The fraction of sp³-hybridized carbons (Fsp3) is 0.977. The molecule has 4 heterocycles. The number of aliphatic hydroxyl groups excluding tert-OH is 14. The minimum absolute atomic E-state index is 0.102. The van der Waals surface area contributed by atoms with Gasteiger partial charge in [-0.05, 0) is 48.7 Å². The molecule has 0 aromatic carbocycles. The summed E-state index contributed by atoms with van der Waals surface area (Å²) < 4.78 is 46.7. The first-order chi connectivity index (χ1) is 34.4. The molecule has 16 N–H and O–H groups in total. The van der Waals surface area contributed by atoms with Gasteiger partial charge in [0.05, 0.1) is 57.3 Å². The Bertz CT molecular complexity index is 1380. The van der Waals surface area contributed by atoms with Crippen LogP contribution in [0.5, 0.6) is 0 Å². The van der Waals surface area contributed by atoms with E-state index in [0.717, 1.165) is 0 Å². The van der Waals surface area contributed by atoms with Crippen molar-refractivity contribution in [1.82, 2.24) is 10.6 Å². The monoisotopic (exact) mass is 1140 g/mol. The van der Waals surface area contributed by atoms with Gasteiger partial charge in [0.1, 0.15) is 95.7 Å². The van der Waals surface area contributed by atoms with E-state index in [1.54, 1.807) is 11.8 Å². The van der Waals surface area contributed by atoms with Crippen LogP contribution in [-0.4, -0.2) is 299 Å². The Kier molecular flexibility index (Phi) is 30.2. The van der Waals surface area contributed by atoms with E-state index in [-0.39, 0.29) is 58.2 Å². The number of hydrogen-bond donors (Lipinski definition) is 16. The van der Waals surface area contributed by atoms with Crippen molar-refractivity contribution in [2.24, 2.45) is 11.3 Å². The van der Waals surface area contributed by atoms with Crippen LogP contribution in [-0.2, 0) is 37.9 Å². The highest BCUT2D eigenvalue weighted by atomic mass is 32.2. The molecule has 0 spiro atoms. The summed E-state index contributed by atoms with van der Waals surface area (Å²) in [7, 11) is 1.40. The maximum Gasteiger partial charge on any atom is 0.186 e. The van der Waals surface area contributed by atoms with Crippen LogP contribution in [0.3, 0.4) is 0 Å². The molecule has 4 aliphatic rings. The molecule has 0 aliphatic carbocycles. The molecule has 0 aromatic heterocycles. The average molecular weight is 1140 g/mol. The Hall–Kier alpha value is 0.210. The quantitative estimate of drug-likeness (QED) is 0.0221. The predicted octanol–water partition coefficient (Wildman–Crippen LogP) is -5.28. The third-order valence-corrected chi connectivity index (χ3v) is 17.7. The molecule has 29 heteroatoms. The van der Waals surface area contributed by atoms with Crippen molar-refractivity contribution in [2.45, 2.75) is 140 Å². The molecule has 0 bridgehead atoms. The molecule has 4 aliphatic heterocycles. The summed E-state index contributed by atoms with van der Waals surface area (Å²) in [6.45, 7) is 1.88. The number of ether oxygens (including phenoxy) is 8. The molecule has 24 nitrogen and oxygen atoms in total. The maximum atomic E-state index is 10.5. The van der Waals surface area contributed by atoms with Gasteiger partial charge in [0.2, 0.25) is 0 Å². The summed E-state index contributed by atoms with van der Waals surface area (Å²) >= 11 is 10.9. The molecule has 20 atom stereocenters. The molecule has 4 fully saturated rings. The topological polar surface area (TPSA) is 381 Å². The number of nitrogens with one attached hydrogen (secondary N) is 2. The highest BCUT2D eigenvalue weighted by Crippen LogP contribution is 2.33. The van der Waals surface area contributed by atoms with Gasteiger partial charge in [-0.3, -0.25) is 0 Å². The SMILES string of the molecule is CO[C@H]1OC(CSCCNC(=S)NCC(COCCCS[C@H]2OC(CO)[C@@H](O)[C@H](O)C2O)(COCCCS[C@H]2OC(CO)[C@@H](O)[C@H](O)C2O)COCCCS[C@@H]2OC(CO)[C@@H](O)[C@H](O)C2O)C(C)[C@H](O)C1O. The fourth-order valence-corrected chi connectivity index (χ4v) is 12.6. The lowest BCUT2D eigenvalue weighted by Crippen LogP contribution is -2.57. The number of thioether (sulfide) groups is 4. The van der Waals surface area contributed by atoms with Gasteiger partial charge < -0.3 is 120 Å². The smallest absolute Gasteiger partial charge is 0.186 e. The number of rotatable bonds is 32. The van der Waals surface area contributed by atoms with Gasteiger partial charge in [-0.1, -0.05) is 6.92 Å². The first-order valence-corrected chi connectivity index (χ1v) is 28.8. The van der Waals surface area contributed by atoms with Crippen LogP contribution < -0.4 is 10.6 Å². The van der Waals surface area contributed by atoms with Crippen molar-refractivity contribution < 1.29 is 109 Å². The summed E-state index contributed by atoms with van der Waals surface area (Å²) in [6.07, 6.45) is -18.1. The molecule has 0 aromatic rings. The van der Waals surface area contributed by atoms with Crippen LogP contribution in [0.4, 0.5) is 0 Å². The van der Waals surface area contributed by atoms with Crippen LogP contribution in [0.15, 0.2) is 0 Å². The number of aliphatic hydroxyl groups is 14. The van der Waals surface area contributed by atoms with E-state index in [0.29, 0.717) is 59.7 Å². The third kappa shape index (κ3) is 19.2. The minimum atomic E-state index is -1.50. The largest absolute Gasteiger partial charge is 0.394 e. The van der Waals surface area contributed by atoms with E-state index >= 15 is 0 Å². The van der Waals surface area contributed by atoms with Crippen molar-refractivity contribution >= 4 is 64.4 Å². The fourth-order valence-electron chi connectivity index (χ4n) is 8.06. The van der Waals surface area contributed by atoms with E-state index in [1.165, 1.54) is 42.4 Å². The van der Waals surface area contributed by atoms with Crippen molar-refractivity contribution in [1.29, 1.82) is 0 Å². The number of thiocarbonyl (C=S) groups is 1. The molecule has 0 radical (unpaired) electrons. The lowest BCUT2D eigenvalue weighted by atomic mass is 9.90. The second-order valence-electron chi connectivity index (χ2n) is 18.2. The molecule has 72 heavy (non-hydrogen) atoms. The normalized spacial score (nSPS) is 38.3. The summed E-state index contributed by atoms with van der Waals surface area (Å²) in [5.74, 6) is 2.10. The molecule has 0 amide bonds. The van der Waals surface area contributed by atoms with Crippen LogP contribution in [0, 0.1) is 11.3 Å². The standard InChI is InChI=1S/C43H80N2O22S5/c1-22-26(64-38(60-2)34(56)27(22)49)17-69-13-6-44-42(68)45-18-43(19-61-7-3-10-70-39-35(57)31(53)28(50)23(14-46)65-39,20-62-8-4-11-71-40-36(58)32(54)29(51)24(15-47)66-40)21-63-9-5-12-72-41-37(59)33(55)30(52)25(16-48)67-41/h22-41,46-59H,3-21H2,1-2H3,(H2,44,45,68)/t22?,23?,24?,25?,26?,27-,28+,29+,30+,31-,32-,33-,34?,35?,36?,37?,38-,39-,40+,41+,43?/m0/s1. The summed E-state index contributed by atoms with van der Waals surface area (Å²) in [5, 5.41) is 149. The zero-order chi connectivity index (χ0) is 53.0. The second-order valence-corrected chi connectivity index (χ2v) is 23.4. The van der Waals surface area contributed by atoms with Gasteiger partial charge in [-0.15, -0.1) is 35.3 Å². The first kappa shape index (κ1) is 64.7. The van der Waals surface area contributed by atoms with Gasteiger partial charge >= 0.3 is 0 Å². The van der Waals surface area contributed by atoms with Gasteiger partial charge in [0.15, 0.2) is 11.4 Å². The second kappa shape index (κ2) is 33.6. The molecular formula is C43H80N2O22S5. The molecule has 4 saturated heterocycles. The maximum absolute atomic E-state index is 10.5. The molecule has 4 rings (SSSR count). The lowest BCUT2D eigenvalue weighted by molar-refractivity contribution is -0.270. The summed E-state index contributed by atoms with van der Waals surface area (Å²) in [6, 6.07) is 0.